The van der Waals surface area contributed by atoms with Gasteiger partial charge in [0.2, 0.25) is 0 Å². The van der Waals surface area contributed by atoms with Crippen molar-refractivity contribution in [3.63, 3.8) is 0 Å². The third-order valence-corrected chi connectivity index (χ3v) is 5.33. The van der Waals surface area contributed by atoms with Gasteiger partial charge in [-0.3, -0.25) is 0 Å². The van der Waals surface area contributed by atoms with Crippen molar-refractivity contribution in [2.24, 2.45) is 5.92 Å². The Hall–Kier alpha value is -0.860. The van der Waals surface area contributed by atoms with Crippen LogP contribution in [0.3, 0.4) is 0 Å². The molecule has 1 saturated heterocycles. The number of ether oxygens (including phenoxy) is 1. The highest BCUT2D eigenvalue weighted by atomic mass is 16.5. The van der Waals surface area contributed by atoms with E-state index in [4.69, 9.17) is 4.74 Å². The van der Waals surface area contributed by atoms with Crippen LogP contribution in [-0.2, 0) is 4.74 Å². The molecule has 2 atom stereocenters. The molecular weight excluding hydrogens is 272 g/mol. The van der Waals surface area contributed by atoms with Gasteiger partial charge in [0.1, 0.15) is 0 Å². The van der Waals surface area contributed by atoms with Gasteiger partial charge in [-0.25, -0.2) is 0 Å². The second-order valence-electron chi connectivity index (χ2n) is 7.56. The first-order valence-corrected chi connectivity index (χ1v) is 8.74. The van der Waals surface area contributed by atoms with E-state index < -0.39 is 0 Å². The summed E-state index contributed by atoms with van der Waals surface area (Å²) in [6.07, 6.45) is 15.3. The van der Waals surface area contributed by atoms with Crippen molar-refractivity contribution in [1.29, 1.82) is 0 Å². The predicted molar refractivity (Wildman–Crippen MR) is 92.8 cm³/mol. The third kappa shape index (κ3) is 4.11. The standard InChI is InChI=1S/C20H32O2/c1-16(2)20-12-10-18(15-21)9-5-7-17(3)8-6-11-19(4,22-20)13-14-20/h8-10,12,16,21H,5-7,11,13-15H2,1-4H3. The van der Waals surface area contributed by atoms with Crippen LogP contribution < -0.4 is 0 Å². The minimum atomic E-state index is -0.185. The SMILES string of the molecule is CC1=CCCC2(C)CCC(C(C)C)(C=CC(CO)=CCC1)O2. The summed E-state index contributed by atoms with van der Waals surface area (Å²) in [7, 11) is 0. The summed E-state index contributed by atoms with van der Waals surface area (Å²) in [4.78, 5) is 0. The molecule has 0 saturated carbocycles. The van der Waals surface area contributed by atoms with Crippen LogP contribution in [0.1, 0.15) is 66.2 Å². The van der Waals surface area contributed by atoms with E-state index in [2.05, 4.69) is 52.0 Å². The lowest BCUT2D eigenvalue weighted by Crippen LogP contribution is -2.36. The van der Waals surface area contributed by atoms with Crippen LogP contribution in [-0.4, -0.2) is 22.9 Å². The molecule has 2 heterocycles. The zero-order chi connectivity index (χ0) is 16.2. The highest BCUT2D eigenvalue weighted by Gasteiger charge is 2.46. The highest BCUT2D eigenvalue weighted by molar-refractivity contribution is 5.24. The molecule has 2 heteroatoms. The van der Waals surface area contributed by atoms with Crippen LogP contribution in [0.15, 0.2) is 35.5 Å². The number of hydrogen-bond donors (Lipinski definition) is 1. The minimum Gasteiger partial charge on any atom is -0.392 e. The Morgan fingerprint density at radius 2 is 1.95 bits per heavy atom. The van der Waals surface area contributed by atoms with Crippen molar-refractivity contribution < 1.29 is 9.84 Å². The fourth-order valence-corrected chi connectivity index (χ4v) is 3.56. The van der Waals surface area contributed by atoms with Gasteiger partial charge in [0, 0.05) is 0 Å². The van der Waals surface area contributed by atoms with Gasteiger partial charge in [-0.1, -0.05) is 43.7 Å². The largest absolute Gasteiger partial charge is 0.392 e. The third-order valence-electron chi connectivity index (χ3n) is 5.33. The molecule has 0 aromatic heterocycles. The summed E-state index contributed by atoms with van der Waals surface area (Å²) in [5, 5.41) is 9.58. The first-order chi connectivity index (χ1) is 10.4. The molecule has 2 unspecified atom stereocenters. The van der Waals surface area contributed by atoms with Crippen molar-refractivity contribution in [2.45, 2.75) is 77.4 Å². The Morgan fingerprint density at radius 3 is 2.64 bits per heavy atom. The molecule has 2 aliphatic rings. The Kier molecular flexibility index (Phi) is 5.68. The van der Waals surface area contributed by atoms with Gasteiger partial charge in [-0.2, -0.15) is 0 Å². The maximum absolute atomic E-state index is 9.58. The average Bonchev–Trinajstić information content (AvgIpc) is 2.81. The number of aliphatic hydroxyl groups is 1. The van der Waals surface area contributed by atoms with Crippen LogP contribution in [0.4, 0.5) is 0 Å². The van der Waals surface area contributed by atoms with Crippen molar-refractivity contribution in [3.05, 3.63) is 35.5 Å². The van der Waals surface area contributed by atoms with E-state index in [9.17, 15) is 5.11 Å². The first-order valence-electron chi connectivity index (χ1n) is 8.74. The molecule has 22 heavy (non-hydrogen) atoms. The summed E-state index contributed by atoms with van der Waals surface area (Å²) >= 11 is 0. The zero-order valence-electron chi connectivity index (χ0n) is 14.7. The van der Waals surface area contributed by atoms with E-state index in [-0.39, 0.29) is 17.8 Å². The number of aliphatic hydroxyl groups excluding tert-OH is 1. The highest BCUT2D eigenvalue weighted by Crippen LogP contribution is 2.45. The summed E-state index contributed by atoms with van der Waals surface area (Å²) in [6.45, 7) is 9.04. The van der Waals surface area contributed by atoms with Gasteiger partial charge in [0.25, 0.3) is 0 Å². The first kappa shape index (κ1) is 17.5. The molecule has 0 aliphatic carbocycles. The van der Waals surface area contributed by atoms with Crippen molar-refractivity contribution >= 4 is 0 Å². The lowest BCUT2D eigenvalue weighted by atomic mass is 9.85. The monoisotopic (exact) mass is 304 g/mol. The Bertz CT molecular complexity index is 472. The lowest BCUT2D eigenvalue weighted by Gasteiger charge is -2.34. The second-order valence-corrected chi connectivity index (χ2v) is 7.56. The second kappa shape index (κ2) is 7.14. The van der Waals surface area contributed by atoms with Crippen LogP contribution in [0.5, 0.6) is 0 Å². The molecule has 1 N–H and O–H groups in total. The fourth-order valence-electron chi connectivity index (χ4n) is 3.56. The molecule has 2 rings (SSSR count). The summed E-state index contributed by atoms with van der Waals surface area (Å²) in [5.41, 5.74) is 2.23. The number of rotatable bonds is 2. The number of allylic oxidation sites excluding steroid dienone is 3. The van der Waals surface area contributed by atoms with Gasteiger partial charge in [0.15, 0.2) is 0 Å². The van der Waals surface area contributed by atoms with Crippen LogP contribution >= 0.6 is 0 Å². The normalized spacial score (nSPS) is 33.7. The molecule has 124 valence electrons. The summed E-state index contributed by atoms with van der Waals surface area (Å²) < 4.78 is 6.61. The van der Waals surface area contributed by atoms with E-state index in [1.54, 1.807) is 0 Å². The van der Waals surface area contributed by atoms with E-state index >= 15 is 0 Å². The van der Waals surface area contributed by atoms with Crippen LogP contribution in [0.25, 0.3) is 0 Å². The van der Waals surface area contributed by atoms with Crippen molar-refractivity contribution in [2.75, 3.05) is 6.61 Å². The molecule has 0 aromatic rings. The molecule has 0 spiro atoms. The number of fused-ring (bicyclic) bond motifs is 2. The Morgan fingerprint density at radius 1 is 1.18 bits per heavy atom. The molecule has 0 aromatic carbocycles. The molecule has 0 amide bonds. The Labute approximate surface area is 136 Å². The molecular formula is C20H32O2. The fraction of sp³-hybridized carbons (Fsp3) is 0.700. The maximum atomic E-state index is 9.58. The van der Waals surface area contributed by atoms with Crippen molar-refractivity contribution in [1.82, 2.24) is 0 Å². The molecule has 2 bridgehead atoms. The molecule has 2 nitrogen and oxygen atoms in total. The minimum absolute atomic E-state index is 0.0253. The maximum Gasteiger partial charge on any atom is 0.0896 e. The topological polar surface area (TPSA) is 29.5 Å². The van der Waals surface area contributed by atoms with Gasteiger partial charge in [-0.15, -0.1) is 0 Å². The van der Waals surface area contributed by atoms with E-state index in [1.165, 1.54) is 5.57 Å². The average molecular weight is 304 g/mol. The van der Waals surface area contributed by atoms with Gasteiger partial charge in [-0.05, 0) is 63.9 Å². The smallest absolute Gasteiger partial charge is 0.0896 e. The lowest BCUT2D eigenvalue weighted by molar-refractivity contribution is -0.0935. The molecule has 2 aliphatic heterocycles. The van der Waals surface area contributed by atoms with Crippen molar-refractivity contribution in [3.8, 4) is 0 Å². The quantitative estimate of drug-likeness (QED) is 0.732. The van der Waals surface area contributed by atoms with Crippen LogP contribution in [0, 0.1) is 5.92 Å². The van der Waals surface area contributed by atoms with Gasteiger partial charge in [0.05, 0.1) is 17.8 Å². The van der Waals surface area contributed by atoms with E-state index in [0.29, 0.717) is 5.92 Å². The van der Waals surface area contributed by atoms with E-state index in [1.807, 2.05) is 0 Å². The van der Waals surface area contributed by atoms with Gasteiger partial charge < -0.3 is 9.84 Å². The zero-order valence-corrected chi connectivity index (χ0v) is 14.7. The van der Waals surface area contributed by atoms with E-state index in [0.717, 1.165) is 44.1 Å². The summed E-state index contributed by atoms with van der Waals surface area (Å²) in [5.74, 6) is 0.438. The summed E-state index contributed by atoms with van der Waals surface area (Å²) in [6, 6.07) is 0. The number of hydrogen-bond acceptors (Lipinski definition) is 2. The predicted octanol–water partition coefficient (Wildman–Crippen LogP) is 4.95. The molecule has 1 fully saturated rings. The Balaban J connectivity index is 2.32. The van der Waals surface area contributed by atoms with Crippen LogP contribution in [0.2, 0.25) is 0 Å². The van der Waals surface area contributed by atoms with Gasteiger partial charge >= 0.3 is 0 Å². The molecule has 0 radical (unpaired) electrons.